The number of aliphatic carboxylic acids is 1. The lowest BCUT2D eigenvalue weighted by Gasteiger charge is -1.91. The quantitative estimate of drug-likeness (QED) is 0.536. The van der Waals surface area contributed by atoms with Crippen molar-refractivity contribution in [3.63, 3.8) is 0 Å². The molecule has 6 heteroatoms. The molecule has 0 fully saturated rings. The van der Waals surface area contributed by atoms with Crippen LogP contribution in [0.3, 0.4) is 0 Å². The Morgan fingerprint density at radius 2 is 2.60 bits per heavy atom. The number of hydrogen-bond donors (Lipinski definition) is 2. The molecule has 0 aliphatic rings. The van der Waals surface area contributed by atoms with Crippen LogP contribution in [0.15, 0.2) is 11.1 Å². The number of rotatable bonds is 2. The molecule has 1 aromatic heterocycles. The molecule has 0 aliphatic heterocycles. The van der Waals surface area contributed by atoms with E-state index in [-0.39, 0.29) is 6.54 Å². The monoisotopic (exact) mass is 143 g/mol. The minimum Gasteiger partial charge on any atom is -0.480 e. The van der Waals surface area contributed by atoms with E-state index >= 15 is 0 Å². The molecule has 1 heterocycles. The third kappa shape index (κ3) is 1.44. The summed E-state index contributed by atoms with van der Waals surface area (Å²) in [5.74, 6) is -1.02. The molecule has 0 bridgehead atoms. The van der Waals surface area contributed by atoms with E-state index in [1.165, 1.54) is 0 Å². The number of carbonyl (C=O) groups is 1. The Bertz CT molecular complexity index is 286. The first-order valence-electron chi connectivity index (χ1n) is 2.52. The molecule has 0 atom stereocenters. The third-order valence-corrected chi connectivity index (χ3v) is 0.859. The van der Waals surface area contributed by atoms with Crippen LogP contribution >= 0.6 is 0 Å². The minimum atomic E-state index is -1.02. The highest BCUT2D eigenvalue weighted by atomic mass is 16.4. The smallest absolute Gasteiger partial charge is 0.361 e. The van der Waals surface area contributed by atoms with Crippen molar-refractivity contribution >= 4 is 5.97 Å². The molecule has 0 amide bonds. The highest BCUT2D eigenvalue weighted by Crippen LogP contribution is 1.74. The van der Waals surface area contributed by atoms with Crippen LogP contribution in [0, 0.1) is 0 Å². The van der Waals surface area contributed by atoms with Gasteiger partial charge in [-0.15, -0.1) is 0 Å². The van der Waals surface area contributed by atoms with Gasteiger partial charge in [0.2, 0.25) is 0 Å². The molecule has 0 aliphatic carbocycles. The maximum atomic E-state index is 10.3. The summed E-state index contributed by atoms with van der Waals surface area (Å²) in [5, 5.41) is 10.4. The molecule has 10 heavy (non-hydrogen) atoms. The van der Waals surface area contributed by atoms with Crippen LogP contribution in [0.25, 0.3) is 0 Å². The summed E-state index contributed by atoms with van der Waals surface area (Å²) in [5.41, 5.74) is -0.541. The molecule has 0 radical (unpaired) electrons. The molecule has 0 spiro atoms. The van der Waals surface area contributed by atoms with Gasteiger partial charge >= 0.3 is 11.7 Å². The summed E-state index contributed by atoms with van der Waals surface area (Å²) >= 11 is 0. The van der Waals surface area contributed by atoms with Gasteiger partial charge in [-0.2, -0.15) is 4.98 Å². The fraction of sp³-hybridized carbons (Fsp3) is 0.250. The molecule has 54 valence electrons. The fourth-order valence-corrected chi connectivity index (χ4v) is 0.529. The van der Waals surface area contributed by atoms with Gasteiger partial charge in [-0.3, -0.25) is 9.48 Å². The Hall–Kier alpha value is -1.59. The van der Waals surface area contributed by atoms with Crippen molar-refractivity contribution in [2.75, 3.05) is 0 Å². The number of carboxylic acid groups (broad SMARTS) is 1. The molecule has 1 rings (SSSR count). The number of carboxylic acids is 1. The van der Waals surface area contributed by atoms with Gasteiger partial charge in [-0.25, -0.2) is 9.89 Å². The summed E-state index contributed by atoms with van der Waals surface area (Å²) in [6.45, 7) is -0.269. The van der Waals surface area contributed by atoms with E-state index in [0.717, 1.165) is 11.0 Å². The second kappa shape index (κ2) is 2.34. The highest BCUT2D eigenvalue weighted by molar-refractivity contribution is 5.66. The van der Waals surface area contributed by atoms with Crippen molar-refractivity contribution in [3.8, 4) is 0 Å². The van der Waals surface area contributed by atoms with Crippen LogP contribution in [0.1, 0.15) is 0 Å². The number of nitrogens with one attached hydrogen (secondary N) is 1. The zero-order chi connectivity index (χ0) is 7.56. The number of aromatic nitrogens is 3. The maximum absolute atomic E-state index is 10.3. The first-order valence-corrected chi connectivity index (χ1v) is 2.52. The normalized spacial score (nSPS) is 9.60. The first-order chi connectivity index (χ1) is 4.68. The molecular weight excluding hydrogens is 138 g/mol. The van der Waals surface area contributed by atoms with Crippen LogP contribution in [0.4, 0.5) is 0 Å². The van der Waals surface area contributed by atoms with Gasteiger partial charge in [0.15, 0.2) is 0 Å². The van der Waals surface area contributed by atoms with E-state index in [1.807, 2.05) is 0 Å². The lowest BCUT2D eigenvalue weighted by molar-refractivity contribution is -0.137. The second-order valence-corrected chi connectivity index (χ2v) is 1.68. The third-order valence-electron chi connectivity index (χ3n) is 0.859. The highest BCUT2D eigenvalue weighted by Gasteiger charge is 1.97. The Morgan fingerprint density at radius 1 is 1.90 bits per heavy atom. The van der Waals surface area contributed by atoms with E-state index in [9.17, 15) is 9.59 Å². The molecular formula is C4H5N3O3. The average molecular weight is 143 g/mol. The van der Waals surface area contributed by atoms with Crippen LogP contribution in [-0.2, 0) is 11.3 Å². The van der Waals surface area contributed by atoms with Gasteiger partial charge in [-0.05, 0) is 0 Å². The predicted octanol–water partition coefficient (Wildman–Crippen LogP) is -1.34. The summed E-state index contributed by atoms with van der Waals surface area (Å²) < 4.78 is 1.09. The van der Waals surface area contributed by atoms with Crippen molar-refractivity contribution in [1.29, 1.82) is 0 Å². The van der Waals surface area contributed by atoms with Crippen molar-refractivity contribution in [2.24, 2.45) is 0 Å². The van der Waals surface area contributed by atoms with Crippen molar-refractivity contribution in [3.05, 3.63) is 16.8 Å². The SMILES string of the molecule is O=C(O)Cn1cnc(=O)[nH]1. The minimum absolute atomic E-state index is 0.269. The molecule has 2 N–H and O–H groups in total. The average Bonchev–Trinajstić information content (AvgIpc) is 2.13. The second-order valence-electron chi connectivity index (χ2n) is 1.68. The van der Waals surface area contributed by atoms with E-state index in [4.69, 9.17) is 5.11 Å². The lowest BCUT2D eigenvalue weighted by Crippen LogP contribution is -2.12. The molecule has 0 saturated carbocycles. The van der Waals surface area contributed by atoms with Crippen LogP contribution < -0.4 is 5.69 Å². The van der Waals surface area contributed by atoms with Gasteiger partial charge in [0, 0.05) is 0 Å². The van der Waals surface area contributed by atoms with Crippen molar-refractivity contribution in [1.82, 2.24) is 14.8 Å². The number of H-pyrrole nitrogens is 1. The van der Waals surface area contributed by atoms with Gasteiger partial charge in [-0.1, -0.05) is 0 Å². The maximum Gasteiger partial charge on any atom is 0.361 e. The Kier molecular flexibility index (Phi) is 1.53. The van der Waals surface area contributed by atoms with Crippen LogP contribution in [-0.4, -0.2) is 25.8 Å². The van der Waals surface area contributed by atoms with Gasteiger partial charge in [0.05, 0.1) is 0 Å². The Labute approximate surface area is 55.1 Å². The molecule has 6 nitrogen and oxygen atoms in total. The number of nitrogens with zero attached hydrogens (tertiary/aromatic N) is 2. The number of hydrogen-bond acceptors (Lipinski definition) is 3. The van der Waals surface area contributed by atoms with Gasteiger partial charge < -0.3 is 5.11 Å². The van der Waals surface area contributed by atoms with Crippen molar-refractivity contribution in [2.45, 2.75) is 6.54 Å². The van der Waals surface area contributed by atoms with E-state index < -0.39 is 11.7 Å². The number of aromatic amines is 1. The molecule has 0 unspecified atom stereocenters. The summed E-state index contributed by atoms with van der Waals surface area (Å²) in [4.78, 5) is 23.6. The van der Waals surface area contributed by atoms with E-state index in [2.05, 4.69) is 10.1 Å². The summed E-state index contributed by atoms with van der Waals surface area (Å²) in [6, 6.07) is 0. The van der Waals surface area contributed by atoms with Crippen LogP contribution in [0.5, 0.6) is 0 Å². The zero-order valence-corrected chi connectivity index (χ0v) is 4.94. The van der Waals surface area contributed by atoms with Crippen molar-refractivity contribution < 1.29 is 9.90 Å². The summed E-state index contributed by atoms with van der Waals surface area (Å²) in [6.07, 6.45) is 1.14. The standard InChI is InChI=1S/C4H5N3O3/c8-3(9)1-7-2-5-4(10)6-7/h2H,1H2,(H,6,10)(H,8,9). The molecule has 0 saturated heterocycles. The topological polar surface area (TPSA) is 88.0 Å². The lowest BCUT2D eigenvalue weighted by atomic mass is 10.7. The van der Waals surface area contributed by atoms with Gasteiger partial charge in [0.1, 0.15) is 12.9 Å². The Morgan fingerprint density at radius 3 is 3.00 bits per heavy atom. The predicted molar refractivity (Wildman–Crippen MR) is 30.5 cm³/mol. The van der Waals surface area contributed by atoms with E-state index in [1.54, 1.807) is 0 Å². The van der Waals surface area contributed by atoms with E-state index in [0.29, 0.717) is 0 Å². The first kappa shape index (κ1) is 6.53. The largest absolute Gasteiger partial charge is 0.480 e. The molecule has 0 aromatic carbocycles. The summed E-state index contributed by atoms with van der Waals surface area (Å²) in [7, 11) is 0. The van der Waals surface area contributed by atoms with Gasteiger partial charge in [0.25, 0.3) is 0 Å². The molecule has 1 aromatic rings. The fourth-order valence-electron chi connectivity index (χ4n) is 0.529. The zero-order valence-electron chi connectivity index (χ0n) is 4.94. The van der Waals surface area contributed by atoms with Crippen LogP contribution in [0.2, 0.25) is 0 Å². The Balaban J connectivity index is 2.76.